The fourth-order valence-corrected chi connectivity index (χ4v) is 3.17. The van der Waals surface area contributed by atoms with Gasteiger partial charge < -0.3 is 14.0 Å². The topological polar surface area (TPSA) is 62.1 Å². The maximum Gasteiger partial charge on any atom is 0.387 e. The Bertz CT molecular complexity index is 1140. The number of pyridine rings is 2. The Hall–Kier alpha value is -3.55. The minimum atomic E-state index is -2.88. The molecule has 0 spiro atoms. The smallest absolute Gasteiger partial charge is 0.387 e. The fourth-order valence-electron chi connectivity index (χ4n) is 3.17. The molecule has 0 aliphatic rings. The predicted octanol–water partition coefficient (Wildman–Crippen LogP) is 4.46. The lowest BCUT2D eigenvalue weighted by Crippen LogP contribution is -2.08. The molecule has 0 fully saturated rings. The van der Waals surface area contributed by atoms with Gasteiger partial charge in [-0.1, -0.05) is 18.2 Å². The van der Waals surface area contributed by atoms with Crippen LogP contribution in [0, 0.1) is 6.92 Å². The lowest BCUT2D eigenvalue weighted by molar-refractivity contribution is -0.0504. The van der Waals surface area contributed by atoms with E-state index in [1.165, 1.54) is 6.07 Å². The van der Waals surface area contributed by atoms with Gasteiger partial charge in [0.15, 0.2) is 0 Å². The lowest BCUT2D eigenvalue weighted by atomic mass is 10.1. The van der Waals surface area contributed by atoms with E-state index in [2.05, 4.69) is 19.7 Å². The van der Waals surface area contributed by atoms with Crippen molar-refractivity contribution in [2.24, 2.45) is 0 Å². The lowest BCUT2D eigenvalue weighted by Gasteiger charge is -2.13. The molecule has 0 unspecified atom stereocenters. The van der Waals surface area contributed by atoms with Gasteiger partial charge >= 0.3 is 6.61 Å². The molecule has 0 amide bonds. The number of rotatable bonds is 6. The Kier molecular flexibility index (Phi) is 5.07. The predicted molar refractivity (Wildman–Crippen MR) is 104 cm³/mol. The molecular weight excluding hydrogens is 378 g/mol. The molecular formula is C21H18F2N4O2. The number of fused-ring (bicyclic) bond motifs is 1. The first-order valence-electron chi connectivity index (χ1n) is 8.91. The SMILES string of the molecule is COc1ccc(-c2cc3c(cn2)nc(C)n3Cc2ccccc2OC(F)F)cn1. The second kappa shape index (κ2) is 7.83. The second-order valence-electron chi connectivity index (χ2n) is 6.38. The minimum Gasteiger partial charge on any atom is -0.481 e. The average Bonchev–Trinajstić information content (AvgIpc) is 3.03. The highest BCUT2D eigenvalue weighted by Crippen LogP contribution is 2.27. The second-order valence-corrected chi connectivity index (χ2v) is 6.38. The Labute approximate surface area is 165 Å². The van der Waals surface area contributed by atoms with Crippen LogP contribution in [0.15, 0.2) is 54.9 Å². The molecule has 3 heterocycles. The van der Waals surface area contributed by atoms with Gasteiger partial charge in [0.25, 0.3) is 0 Å². The number of hydrogen-bond acceptors (Lipinski definition) is 5. The van der Waals surface area contributed by atoms with Crippen molar-refractivity contribution in [3.8, 4) is 22.9 Å². The van der Waals surface area contributed by atoms with E-state index in [0.29, 0.717) is 18.0 Å². The van der Waals surface area contributed by atoms with E-state index < -0.39 is 6.61 Å². The number of aryl methyl sites for hydroxylation is 1. The largest absolute Gasteiger partial charge is 0.481 e. The summed E-state index contributed by atoms with van der Waals surface area (Å²) in [6.07, 6.45) is 3.38. The summed E-state index contributed by atoms with van der Waals surface area (Å²) in [7, 11) is 1.56. The summed E-state index contributed by atoms with van der Waals surface area (Å²) in [5.74, 6) is 1.42. The Morgan fingerprint density at radius 3 is 2.62 bits per heavy atom. The van der Waals surface area contributed by atoms with Crippen LogP contribution in [0.25, 0.3) is 22.3 Å². The summed E-state index contributed by atoms with van der Waals surface area (Å²) in [6, 6.07) is 12.3. The molecule has 0 aliphatic carbocycles. The number of benzene rings is 1. The average molecular weight is 396 g/mol. The summed E-state index contributed by atoms with van der Waals surface area (Å²) in [6.45, 7) is -0.670. The molecule has 4 rings (SSSR count). The van der Waals surface area contributed by atoms with Gasteiger partial charge in [-0.05, 0) is 25.1 Å². The molecule has 4 aromatic rings. The number of methoxy groups -OCH3 is 1. The van der Waals surface area contributed by atoms with Crippen LogP contribution in [-0.2, 0) is 6.54 Å². The molecule has 29 heavy (non-hydrogen) atoms. The molecule has 0 aliphatic heterocycles. The van der Waals surface area contributed by atoms with E-state index in [9.17, 15) is 8.78 Å². The zero-order valence-electron chi connectivity index (χ0n) is 15.8. The van der Waals surface area contributed by atoms with Crippen molar-refractivity contribution in [1.29, 1.82) is 0 Å². The molecule has 0 radical (unpaired) electrons. The third-order valence-corrected chi connectivity index (χ3v) is 4.58. The molecule has 0 saturated heterocycles. The Morgan fingerprint density at radius 1 is 1.07 bits per heavy atom. The number of para-hydroxylation sites is 1. The van der Waals surface area contributed by atoms with E-state index >= 15 is 0 Å². The van der Waals surface area contributed by atoms with Gasteiger partial charge in [-0.25, -0.2) is 9.97 Å². The molecule has 6 nitrogen and oxygen atoms in total. The first kappa shape index (κ1) is 18.8. The molecule has 0 atom stereocenters. The molecule has 1 aromatic carbocycles. The highest BCUT2D eigenvalue weighted by Gasteiger charge is 2.14. The summed E-state index contributed by atoms with van der Waals surface area (Å²) < 4.78 is 37.2. The number of alkyl halides is 2. The Morgan fingerprint density at radius 2 is 1.90 bits per heavy atom. The van der Waals surface area contributed by atoms with Crippen LogP contribution < -0.4 is 9.47 Å². The van der Waals surface area contributed by atoms with Gasteiger partial charge in [-0.2, -0.15) is 8.78 Å². The maximum atomic E-state index is 12.7. The van der Waals surface area contributed by atoms with Gasteiger partial charge in [0.05, 0.1) is 31.1 Å². The Balaban J connectivity index is 1.74. The van der Waals surface area contributed by atoms with Crippen molar-refractivity contribution >= 4 is 11.0 Å². The minimum absolute atomic E-state index is 0.150. The first-order valence-corrected chi connectivity index (χ1v) is 8.91. The van der Waals surface area contributed by atoms with Crippen LogP contribution in [-0.4, -0.2) is 33.2 Å². The maximum absolute atomic E-state index is 12.7. The third kappa shape index (κ3) is 3.87. The van der Waals surface area contributed by atoms with Gasteiger partial charge in [0, 0.05) is 23.4 Å². The highest BCUT2D eigenvalue weighted by molar-refractivity contribution is 5.80. The normalized spacial score (nSPS) is 11.2. The van der Waals surface area contributed by atoms with Crippen molar-refractivity contribution in [2.75, 3.05) is 7.11 Å². The van der Waals surface area contributed by atoms with Crippen molar-refractivity contribution in [3.63, 3.8) is 0 Å². The first-order chi connectivity index (χ1) is 14.0. The van der Waals surface area contributed by atoms with E-state index in [0.717, 1.165) is 28.1 Å². The van der Waals surface area contributed by atoms with Crippen LogP contribution in [0.1, 0.15) is 11.4 Å². The van der Waals surface area contributed by atoms with E-state index in [4.69, 9.17) is 4.74 Å². The van der Waals surface area contributed by atoms with Gasteiger partial charge in [-0.15, -0.1) is 0 Å². The van der Waals surface area contributed by atoms with Crippen LogP contribution in [0.4, 0.5) is 8.78 Å². The third-order valence-electron chi connectivity index (χ3n) is 4.58. The number of hydrogen-bond donors (Lipinski definition) is 0. The van der Waals surface area contributed by atoms with Gasteiger partial charge in [0.1, 0.15) is 17.1 Å². The van der Waals surface area contributed by atoms with Gasteiger partial charge in [0.2, 0.25) is 5.88 Å². The van der Waals surface area contributed by atoms with Crippen LogP contribution in [0.5, 0.6) is 11.6 Å². The number of aromatic nitrogens is 4. The van der Waals surface area contributed by atoms with Gasteiger partial charge in [-0.3, -0.25) is 4.98 Å². The number of nitrogens with zero attached hydrogens (tertiary/aromatic N) is 4. The number of halogens is 2. The van der Waals surface area contributed by atoms with E-state index in [1.807, 2.05) is 23.6 Å². The van der Waals surface area contributed by atoms with E-state index in [1.54, 1.807) is 43.8 Å². The summed E-state index contributed by atoms with van der Waals surface area (Å²) in [5.41, 5.74) is 3.76. The van der Waals surface area contributed by atoms with E-state index in [-0.39, 0.29) is 5.75 Å². The molecule has 0 bridgehead atoms. The zero-order chi connectivity index (χ0) is 20.4. The summed E-state index contributed by atoms with van der Waals surface area (Å²) >= 11 is 0. The highest BCUT2D eigenvalue weighted by atomic mass is 19.3. The van der Waals surface area contributed by atoms with Crippen molar-refractivity contribution in [2.45, 2.75) is 20.1 Å². The molecule has 148 valence electrons. The zero-order valence-corrected chi connectivity index (χ0v) is 15.8. The summed E-state index contributed by atoms with van der Waals surface area (Å²) in [5, 5.41) is 0. The van der Waals surface area contributed by atoms with Crippen molar-refractivity contribution in [3.05, 3.63) is 66.2 Å². The van der Waals surface area contributed by atoms with Crippen LogP contribution >= 0.6 is 0 Å². The molecule has 0 saturated carbocycles. The quantitative estimate of drug-likeness (QED) is 0.482. The van der Waals surface area contributed by atoms with Crippen LogP contribution in [0.2, 0.25) is 0 Å². The number of ether oxygens (including phenoxy) is 2. The monoisotopic (exact) mass is 396 g/mol. The van der Waals surface area contributed by atoms with Crippen molar-refractivity contribution < 1.29 is 18.3 Å². The van der Waals surface area contributed by atoms with Crippen molar-refractivity contribution in [1.82, 2.24) is 19.5 Å². The molecule has 3 aromatic heterocycles. The standard InChI is InChI=1S/C21H18F2N4O2/c1-13-26-17-11-24-16(14-7-8-20(28-2)25-10-14)9-18(17)27(13)12-15-5-3-4-6-19(15)29-21(22)23/h3-11,21H,12H2,1-2H3. The number of imidazole rings is 1. The van der Waals surface area contributed by atoms with Crippen LogP contribution in [0.3, 0.4) is 0 Å². The fraction of sp³-hybridized carbons (Fsp3) is 0.190. The summed E-state index contributed by atoms with van der Waals surface area (Å²) in [4.78, 5) is 13.2. The molecule has 8 heteroatoms. The molecule has 0 N–H and O–H groups in total.